The highest BCUT2D eigenvalue weighted by atomic mass is 16.6. The predicted molar refractivity (Wildman–Crippen MR) is 147 cm³/mol. The van der Waals surface area contributed by atoms with Crippen LogP contribution in [0.2, 0.25) is 0 Å². The van der Waals surface area contributed by atoms with E-state index >= 15 is 0 Å². The van der Waals surface area contributed by atoms with E-state index in [1.165, 1.54) is 109 Å². The highest BCUT2D eigenvalue weighted by Gasteiger charge is 2.35. The van der Waals surface area contributed by atoms with E-state index < -0.39 is 0 Å². The van der Waals surface area contributed by atoms with Gasteiger partial charge in [-0.15, -0.1) is 0 Å². The topological polar surface area (TPSA) is 30.9 Å². The van der Waals surface area contributed by atoms with Gasteiger partial charge in [0.1, 0.15) is 5.60 Å². The maximum Gasteiger partial charge on any atom is 0.115 e. The summed E-state index contributed by atoms with van der Waals surface area (Å²) in [4.78, 5) is 2.23. The van der Waals surface area contributed by atoms with Crippen LogP contribution in [0.5, 0.6) is 0 Å². The number of nitrogens with zero attached hydrogens (tertiary/aromatic N) is 1. The zero-order chi connectivity index (χ0) is 24.6. The molecule has 1 aliphatic heterocycles. The van der Waals surface area contributed by atoms with Crippen molar-refractivity contribution >= 4 is 0 Å². The van der Waals surface area contributed by atoms with Crippen LogP contribution in [0.1, 0.15) is 135 Å². The summed E-state index contributed by atoms with van der Waals surface area (Å²) in [6.07, 6.45) is 27.0. The van der Waals surface area contributed by atoms with Crippen molar-refractivity contribution in [1.29, 1.82) is 0 Å². The van der Waals surface area contributed by atoms with Crippen molar-refractivity contribution in [2.24, 2.45) is 0 Å². The molecule has 4 heteroatoms. The molecule has 1 unspecified atom stereocenters. The van der Waals surface area contributed by atoms with Gasteiger partial charge in [0, 0.05) is 19.8 Å². The first-order chi connectivity index (χ1) is 16.7. The van der Waals surface area contributed by atoms with Crippen molar-refractivity contribution in [1.82, 2.24) is 4.90 Å². The number of ether oxygens (including phenoxy) is 3. The highest BCUT2D eigenvalue weighted by Crippen LogP contribution is 2.27. The number of unbranched alkanes of at least 4 members (excludes halogenated alkanes) is 16. The van der Waals surface area contributed by atoms with Crippen molar-refractivity contribution in [2.45, 2.75) is 141 Å². The third-order valence-corrected chi connectivity index (χ3v) is 7.20. The Morgan fingerprint density at radius 3 is 1.47 bits per heavy atom. The van der Waals surface area contributed by atoms with Crippen LogP contribution in [0.25, 0.3) is 0 Å². The average Bonchev–Trinajstić information content (AvgIpc) is 3.29. The van der Waals surface area contributed by atoms with E-state index in [1.54, 1.807) is 0 Å². The molecule has 0 aromatic heterocycles. The molecule has 4 nitrogen and oxygen atoms in total. The molecule has 1 aliphatic rings. The second kappa shape index (κ2) is 23.3. The second-order valence-corrected chi connectivity index (χ2v) is 11.1. The minimum atomic E-state index is -0.184. The molecular formula is C30H61NO3. The molecule has 1 atom stereocenters. The summed E-state index contributed by atoms with van der Waals surface area (Å²) in [6, 6.07) is 0. The van der Waals surface area contributed by atoms with Gasteiger partial charge in [0.25, 0.3) is 0 Å². The lowest BCUT2D eigenvalue weighted by Crippen LogP contribution is -2.39. The van der Waals surface area contributed by atoms with Crippen LogP contribution in [-0.2, 0) is 14.2 Å². The van der Waals surface area contributed by atoms with Gasteiger partial charge in [0.05, 0.1) is 13.2 Å². The fraction of sp³-hybridized carbons (Fsp3) is 1.00. The first kappa shape index (κ1) is 31.9. The fourth-order valence-electron chi connectivity index (χ4n) is 4.93. The van der Waals surface area contributed by atoms with Gasteiger partial charge < -0.3 is 19.1 Å². The van der Waals surface area contributed by atoms with Gasteiger partial charge in [-0.05, 0) is 52.7 Å². The Bertz CT molecular complexity index is 410. The summed E-state index contributed by atoms with van der Waals surface area (Å²) in [5.74, 6) is 0. The molecule has 1 heterocycles. The Balaban J connectivity index is 1.85. The lowest BCUT2D eigenvalue weighted by Gasteiger charge is -2.28. The van der Waals surface area contributed by atoms with Crippen LogP contribution in [0.15, 0.2) is 0 Å². The molecule has 0 N–H and O–H groups in total. The van der Waals surface area contributed by atoms with Crippen LogP contribution in [0.4, 0.5) is 0 Å². The fourth-order valence-corrected chi connectivity index (χ4v) is 4.93. The molecule has 1 saturated heterocycles. The van der Waals surface area contributed by atoms with Crippen molar-refractivity contribution < 1.29 is 14.2 Å². The molecular weight excluding hydrogens is 422 g/mol. The minimum absolute atomic E-state index is 0.184. The van der Waals surface area contributed by atoms with E-state index in [0.717, 1.165) is 45.6 Å². The minimum Gasteiger partial charge on any atom is -0.378 e. The molecule has 0 amide bonds. The summed E-state index contributed by atoms with van der Waals surface area (Å²) < 4.78 is 18.1. The number of hydrogen-bond acceptors (Lipinski definition) is 4. The van der Waals surface area contributed by atoms with E-state index in [4.69, 9.17) is 14.2 Å². The van der Waals surface area contributed by atoms with Crippen molar-refractivity contribution in [2.75, 3.05) is 53.7 Å². The monoisotopic (exact) mass is 483 g/mol. The van der Waals surface area contributed by atoms with Crippen LogP contribution in [-0.4, -0.2) is 64.2 Å². The van der Waals surface area contributed by atoms with Gasteiger partial charge in [0.15, 0.2) is 0 Å². The van der Waals surface area contributed by atoms with E-state index in [2.05, 4.69) is 25.9 Å². The van der Waals surface area contributed by atoms with Gasteiger partial charge in [0.2, 0.25) is 0 Å². The van der Waals surface area contributed by atoms with Crippen molar-refractivity contribution in [3.05, 3.63) is 0 Å². The molecule has 0 aliphatic carbocycles. The van der Waals surface area contributed by atoms with Crippen LogP contribution < -0.4 is 0 Å². The standard InChI is InChI=1S/C30H61NO3/c1-4-5-6-7-8-9-10-11-12-13-14-15-16-17-18-20-25-32-28-30(23-22-27-34-30)29-33-26-21-19-24-31(2)3/h4-29H2,1-3H3. The molecule has 204 valence electrons. The predicted octanol–water partition coefficient (Wildman–Crippen LogP) is 8.17. The van der Waals surface area contributed by atoms with E-state index in [1.807, 2.05) is 0 Å². The zero-order valence-corrected chi connectivity index (χ0v) is 23.6. The maximum atomic E-state index is 6.06. The number of rotatable bonds is 26. The maximum absolute atomic E-state index is 6.06. The average molecular weight is 484 g/mol. The molecule has 0 bridgehead atoms. The number of hydrogen-bond donors (Lipinski definition) is 0. The van der Waals surface area contributed by atoms with Crippen molar-refractivity contribution in [3.8, 4) is 0 Å². The van der Waals surface area contributed by atoms with Gasteiger partial charge in [-0.1, -0.05) is 103 Å². The smallest absolute Gasteiger partial charge is 0.115 e. The van der Waals surface area contributed by atoms with E-state index in [9.17, 15) is 0 Å². The molecule has 34 heavy (non-hydrogen) atoms. The van der Waals surface area contributed by atoms with Crippen molar-refractivity contribution in [3.63, 3.8) is 0 Å². The van der Waals surface area contributed by atoms with Crippen LogP contribution in [0.3, 0.4) is 0 Å². The first-order valence-electron chi connectivity index (χ1n) is 15.1. The Morgan fingerprint density at radius 1 is 0.618 bits per heavy atom. The summed E-state index contributed by atoms with van der Waals surface area (Å²) in [6.45, 7) is 7.37. The summed E-state index contributed by atoms with van der Waals surface area (Å²) in [7, 11) is 4.25. The Kier molecular flexibility index (Phi) is 21.8. The SMILES string of the molecule is CCCCCCCCCCCCCCCCCCOCC1(COCCCCN(C)C)CCCO1. The molecule has 0 aromatic carbocycles. The van der Waals surface area contributed by atoms with E-state index in [-0.39, 0.29) is 5.60 Å². The Labute approximate surface area is 213 Å². The summed E-state index contributed by atoms with van der Waals surface area (Å²) in [5, 5.41) is 0. The lowest BCUT2D eigenvalue weighted by atomic mass is 10.0. The van der Waals surface area contributed by atoms with Gasteiger partial charge in [-0.3, -0.25) is 0 Å². The normalized spacial score (nSPS) is 18.4. The van der Waals surface area contributed by atoms with Gasteiger partial charge in [-0.2, -0.15) is 0 Å². The van der Waals surface area contributed by atoms with E-state index in [0.29, 0.717) is 13.2 Å². The second-order valence-electron chi connectivity index (χ2n) is 11.1. The quantitative estimate of drug-likeness (QED) is 0.116. The highest BCUT2D eigenvalue weighted by molar-refractivity contribution is 4.85. The largest absolute Gasteiger partial charge is 0.378 e. The molecule has 1 fully saturated rings. The van der Waals surface area contributed by atoms with Gasteiger partial charge in [-0.25, -0.2) is 0 Å². The lowest BCUT2D eigenvalue weighted by molar-refractivity contribution is -0.108. The Morgan fingerprint density at radius 2 is 1.06 bits per heavy atom. The molecule has 0 radical (unpaired) electrons. The molecule has 0 saturated carbocycles. The van der Waals surface area contributed by atoms with Crippen LogP contribution in [0, 0.1) is 0 Å². The first-order valence-corrected chi connectivity index (χ1v) is 15.1. The van der Waals surface area contributed by atoms with Crippen LogP contribution >= 0.6 is 0 Å². The third kappa shape index (κ3) is 19.1. The Hall–Kier alpha value is -0.160. The summed E-state index contributed by atoms with van der Waals surface area (Å²) in [5.41, 5.74) is -0.184. The molecule has 0 spiro atoms. The molecule has 1 rings (SSSR count). The van der Waals surface area contributed by atoms with Gasteiger partial charge >= 0.3 is 0 Å². The summed E-state index contributed by atoms with van der Waals surface area (Å²) >= 11 is 0. The molecule has 0 aromatic rings. The third-order valence-electron chi connectivity index (χ3n) is 7.20. The zero-order valence-electron chi connectivity index (χ0n) is 23.6.